The first kappa shape index (κ1) is 22.0. The molecule has 2 heterocycles. The summed E-state index contributed by atoms with van der Waals surface area (Å²) in [6, 6.07) is -0.278. The van der Waals surface area contributed by atoms with Crippen LogP contribution in [0, 0.1) is 11.8 Å². The van der Waals surface area contributed by atoms with Gasteiger partial charge in [-0.15, -0.1) is 12.4 Å². The molecule has 1 aliphatic carbocycles. The minimum absolute atomic E-state index is 0. The molecule has 154 valence electrons. The van der Waals surface area contributed by atoms with Crippen molar-refractivity contribution in [3.05, 3.63) is 0 Å². The number of urea groups is 1. The molecule has 7 nitrogen and oxygen atoms in total. The number of piperidine rings is 1. The van der Waals surface area contributed by atoms with Crippen molar-refractivity contribution in [3.8, 4) is 0 Å². The molecule has 2 aliphatic heterocycles. The minimum atomic E-state index is -0.773. The Hall–Kier alpha value is -1.34. The molecular formula is C19H33ClN4O3. The molecule has 0 aromatic heterocycles. The fourth-order valence-electron chi connectivity index (χ4n) is 4.65. The van der Waals surface area contributed by atoms with Gasteiger partial charge in [0.1, 0.15) is 12.1 Å². The molecule has 8 heteroatoms. The first-order valence-corrected chi connectivity index (χ1v) is 10.0. The summed E-state index contributed by atoms with van der Waals surface area (Å²) < 4.78 is 0. The van der Waals surface area contributed by atoms with Gasteiger partial charge >= 0.3 is 6.03 Å². The van der Waals surface area contributed by atoms with Crippen molar-refractivity contribution in [2.45, 2.75) is 70.4 Å². The lowest BCUT2D eigenvalue weighted by Gasteiger charge is -2.35. The van der Waals surface area contributed by atoms with Crippen LogP contribution in [0.1, 0.15) is 58.8 Å². The second-order valence-corrected chi connectivity index (χ2v) is 8.33. The molecule has 1 saturated carbocycles. The van der Waals surface area contributed by atoms with E-state index in [1.807, 2.05) is 6.92 Å². The molecule has 3 N–H and O–H groups in total. The van der Waals surface area contributed by atoms with Crippen molar-refractivity contribution >= 4 is 30.3 Å². The normalized spacial score (nSPS) is 30.3. The second-order valence-electron chi connectivity index (χ2n) is 8.33. The van der Waals surface area contributed by atoms with E-state index >= 15 is 0 Å². The van der Waals surface area contributed by atoms with Gasteiger partial charge in [0.25, 0.3) is 5.91 Å². The van der Waals surface area contributed by atoms with Gasteiger partial charge in [-0.05, 0) is 57.3 Å². The maximum Gasteiger partial charge on any atom is 0.325 e. The van der Waals surface area contributed by atoms with Crippen molar-refractivity contribution < 1.29 is 14.4 Å². The highest BCUT2D eigenvalue weighted by molar-refractivity contribution is 6.09. The van der Waals surface area contributed by atoms with E-state index in [9.17, 15) is 14.4 Å². The standard InChI is InChI=1S/C19H32N4O3.ClH/c1-3-14-4-8-19(9-5-14)17(25)23(18(26)21-19)12-16(24)22-10-6-15(7-11-22)13(2)20;/h13-15H,3-12,20H2,1-2H3,(H,21,26);1H. The highest BCUT2D eigenvalue weighted by atomic mass is 35.5. The summed E-state index contributed by atoms with van der Waals surface area (Å²) in [5.74, 6) is 0.715. The molecule has 3 aliphatic rings. The van der Waals surface area contributed by atoms with E-state index in [2.05, 4.69) is 12.2 Å². The molecule has 3 rings (SSSR count). The first-order chi connectivity index (χ1) is 12.4. The Kier molecular flexibility index (Phi) is 7.14. The molecule has 0 aromatic carbocycles. The van der Waals surface area contributed by atoms with Gasteiger partial charge in [-0.2, -0.15) is 0 Å². The van der Waals surface area contributed by atoms with Gasteiger partial charge in [-0.1, -0.05) is 13.3 Å². The van der Waals surface area contributed by atoms with Crippen LogP contribution < -0.4 is 11.1 Å². The number of nitrogens with two attached hydrogens (primary N) is 1. The Morgan fingerprint density at radius 2 is 1.81 bits per heavy atom. The molecule has 0 bridgehead atoms. The Bertz CT molecular complexity index is 567. The number of likely N-dealkylation sites (tertiary alicyclic amines) is 1. The summed E-state index contributed by atoms with van der Waals surface area (Å²) in [5, 5.41) is 2.89. The molecule has 0 aromatic rings. The molecule has 1 spiro atoms. The smallest absolute Gasteiger partial charge is 0.325 e. The van der Waals surface area contributed by atoms with Crippen molar-refractivity contribution in [1.82, 2.24) is 15.1 Å². The summed E-state index contributed by atoms with van der Waals surface area (Å²) in [7, 11) is 0. The van der Waals surface area contributed by atoms with E-state index in [1.165, 1.54) is 0 Å². The number of carbonyl (C=O) groups excluding carboxylic acids is 3. The zero-order valence-corrected chi connectivity index (χ0v) is 17.2. The second kappa shape index (κ2) is 8.78. The van der Waals surface area contributed by atoms with E-state index in [-0.39, 0.29) is 36.8 Å². The summed E-state index contributed by atoms with van der Waals surface area (Å²) in [4.78, 5) is 40.8. The number of hydrogen-bond donors (Lipinski definition) is 2. The van der Waals surface area contributed by atoms with Crippen molar-refractivity contribution in [2.75, 3.05) is 19.6 Å². The molecule has 1 atom stereocenters. The van der Waals surface area contributed by atoms with E-state index in [1.54, 1.807) is 4.90 Å². The Balaban J connectivity index is 0.00000261. The average Bonchev–Trinajstić information content (AvgIpc) is 2.86. The molecule has 3 fully saturated rings. The molecule has 4 amide bonds. The SMILES string of the molecule is CCC1CCC2(CC1)NC(=O)N(CC(=O)N1CCC(C(C)N)CC1)C2=O.Cl. The summed E-state index contributed by atoms with van der Waals surface area (Å²) in [6.07, 6.45) is 6.14. The monoisotopic (exact) mass is 400 g/mol. The minimum Gasteiger partial charge on any atom is -0.341 e. The number of carbonyl (C=O) groups is 3. The topological polar surface area (TPSA) is 95.7 Å². The third-order valence-electron chi connectivity index (χ3n) is 6.71. The number of halogens is 1. The summed E-state index contributed by atoms with van der Waals surface area (Å²) in [6.45, 7) is 5.32. The predicted octanol–water partition coefficient (Wildman–Crippen LogP) is 1.88. The zero-order chi connectivity index (χ0) is 18.9. The largest absolute Gasteiger partial charge is 0.341 e. The molecule has 2 saturated heterocycles. The number of rotatable bonds is 4. The Morgan fingerprint density at radius 1 is 1.22 bits per heavy atom. The molecule has 0 radical (unpaired) electrons. The van der Waals surface area contributed by atoms with Crippen LogP contribution in [0.3, 0.4) is 0 Å². The number of imide groups is 1. The van der Waals surface area contributed by atoms with E-state index < -0.39 is 11.6 Å². The molecular weight excluding hydrogens is 368 g/mol. The van der Waals surface area contributed by atoms with Crippen LogP contribution in [0.15, 0.2) is 0 Å². The van der Waals surface area contributed by atoms with Crippen LogP contribution in [0.2, 0.25) is 0 Å². The summed E-state index contributed by atoms with van der Waals surface area (Å²) in [5.41, 5.74) is 5.17. The first-order valence-electron chi connectivity index (χ1n) is 10.0. The third-order valence-corrected chi connectivity index (χ3v) is 6.71. The lowest BCUT2D eigenvalue weighted by Crippen LogP contribution is -2.50. The van der Waals surface area contributed by atoms with E-state index in [0.717, 1.165) is 37.0 Å². The number of amides is 4. The maximum atomic E-state index is 12.9. The van der Waals surface area contributed by atoms with Crippen molar-refractivity contribution in [3.63, 3.8) is 0 Å². The molecule has 1 unspecified atom stereocenters. The maximum absolute atomic E-state index is 12.9. The Morgan fingerprint density at radius 3 is 2.33 bits per heavy atom. The summed E-state index contributed by atoms with van der Waals surface area (Å²) >= 11 is 0. The third kappa shape index (κ3) is 4.40. The van der Waals surface area contributed by atoms with Crippen LogP contribution in [0.25, 0.3) is 0 Å². The quantitative estimate of drug-likeness (QED) is 0.704. The van der Waals surface area contributed by atoms with Crippen LogP contribution in [-0.2, 0) is 9.59 Å². The van der Waals surface area contributed by atoms with Gasteiger partial charge in [0.2, 0.25) is 5.91 Å². The van der Waals surface area contributed by atoms with Crippen molar-refractivity contribution in [1.29, 1.82) is 0 Å². The van der Waals surface area contributed by atoms with Crippen LogP contribution in [0.5, 0.6) is 0 Å². The van der Waals surface area contributed by atoms with E-state index in [4.69, 9.17) is 5.73 Å². The fourth-order valence-corrected chi connectivity index (χ4v) is 4.65. The van der Waals surface area contributed by atoms with Gasteiger partial charge in [-0.25, -0.2) is 4.79 Å². The Labute approximate surface area is 167 Å². The van der Waals surface area contributed by atoms with Crippen LogP contribution in [0.4, 0.5) is 4.79 Å². The number of nitrogens with zero attached hydrogens (tertiary/aromatic N) is 2. The average molecular weight is 401 g/mol. The zero-order valence-electron chi connectivity index (χ0n) is 16.4. The fraction of sp³-hybridized carbons (Fsp3) is 0.842. The lowest BCUT2D eigenvalue weighted by molar-refractivity contribution is -0.140. The van der Waals surface area contributed by atoms with Gasteiger partial charge < -0.3 is 16.0 Å². The number of hydrogen-bond acceptors (Lipinski definition) is 4. The van der Waals surface area contributed by atoms with Gasteiger partial charge in [0.15, 0.2) is 0 Å². The highest BCUT2D eigenvalue weighted by Gasteiger charge is 2.52. The van der Waals surface area contributed by atoms with Gasteiger partial charge in [0.05, 0.1) is 0 Å². The van der Waals surface area contributed by atoms with Crippen LogP contribution in [-0.4, -0.2) is 58.9 Å². The molecule has 27 heavy (non-hydrogen) atoms. The van der Waals surface area contributed by atoms with Crippen LogP contribution >= 0.6 is 12.4 Å². The number of nitrogens with one attached hydrogen (secondary N) is 1. The van der Waals surface area contributed by atoms with Crippen molar-refractivity contribution in [2.24, 2.45) is 17.6 Å². The predicted molar refractivity (Wildman–Crippen MR) is 105 cm³/mol. The highest BCUT2D eigenvalue weighted by Crippen LogP contribution is 2.37. The van der Waals surface area contributed by atoms with E-state index in [0.29, 0.717) is 37.8 Å². The van der Waals surface area contributed by atoms with Gasteiger partial charge in [0, 0.05) is 19.1 Å². The van der Waals surface area contributed by atoms with Gasteiger partial charge in [-0.3, -0.25) is 14.5 Å². The lowest BCUT2D eigenvalue weighted by atomic mass is 9.75.